The van der Waals surface area contributed by atoms with Crippen LogP contribution in [0.5, 0.6) is 5.75 Å². The fourth-order valence-corrected chi connectivity index (χ4v) is 2.08. The second kappa shape index (κ2) is 10.2. The Morgan fingerprint density at radius 1 is 1.18 bits per heavy atom. The zero-order valence-corrected chi connectivity index (χ0v) is 14.9. The Balaban J connectivity index is 1.78. The molecule has 1 heterocycles. The zero-order chi connectivity index (χ0) is 20.5. The molecule has 8 nitrogen and oxygen atoms in total. The number of carbonyl (C=O) groups is 3. The number of pyridine rings is 1. The minimum atomic E-state index is -3.06. The van der Waals surface area contributed by atoms with Crippen molar-refractivity contribution in [1.29, 1.82) is 0 Å². The largest absolute Gasteiger partial charge is 0.454 e. The Bertz CT molecular complexity index is 866. The summed E-state index contributed by atoms with van der Waals surface area (Å²) < 4.78 is 33.6. The molecule has 0 atom stereocenters. The van der Waals surface area contributed by atoms with E-state index in [0.29, 0.717) is 5.02 Å². The molecule has 1 aromatic heterocycles. The molecule has 1 aromatic carbocycles. The number of nitrogens with one attached hydrogen (secondary N) is 2. The van der Waals surface area contributed by atoms with Crippen molar-refractivity contribution < 1.29 is 32.6 Å². The molecule has 0 bridgehead atoms. The van der Waals surface area contributed by atoms with Gasteiger partial charge >= 0.3 is 12.6 Å². The van der Waals surface area contributed by atoms with Crippen LogP contribution in [0.1, 0.15) is 10.5 Å². The van der Waals surface area contributed by atoms with Crippen LogP contribution in [0.4, 0.5) is 14.5 Å². The number of benzene rings is 1. The summed E-state index contributed by atoms with van der Waals surface area (Å²) in [6.07, 6.45) is 1.33. The van der Waals surface area contributed by atoms with Gasteiger partial charge in [0.15, 0.2) is 6.61 Å². The highest BCUT2D eigenvalue weighted by molar-refractivity contribution is 6.30. The number of hydrogen-bond acceptors (Lipinski definition) is 6. The van der Waals surface area contributed by atoms with Crippen molar-refractivity contribution in [2.45, 2.75) is 6.61 Å². The molecule has 0 saturated heterocycles. The first-order chi connectivity index (χ1) is 13.3. The summed E-state index contributed by atoms with van der Waals surface area (Å²) in [7, 11) is 0. The molecule has 0 radical (unpaired) electrons. The lowest BCUT2D eigenvalue weighted by Crippen LogP contribution is -2.32. The van der Waals surface area contributed by atoms with Crippen LogP contribution in [-0.2, 0) is 14.3 Å². The summed E-state index contributed by atoms with van der Waals surface area (Å²) in [5.74, 6) is -2.55. The molecule has 148 valence electrons. The van der Waals surface area contributed by atoms with Gasteiger partial charge in [-0.3, -0.25) is 19.4 Å². The van der Waals surface area contributed by atoms with Crippen molar-refractivity contribution in [2.24, 2.45) is 0 Å². The molecule has 0 spiro atoms. The number of rotatable bonds is 8. The topological polar surface area (TPSA) is 107 Å². The van der Waals surface area contributed by atoms with Gasteiger partial charge in [-0.1, -0.05) is 23.7 Å². The molecular weight excluding hydrogens is 400 g/mol. The Kier molecular flexibility index (Phi) is 7.64. The van der Waals surface area contributed by atoms with Crippen molar-refractivity contribution in [2.75, 3.05) is 18.5 Å². The predicted octanol–water partition coefficient (Wildman–Crippen LogP) is 2.25. The van der Waals surface area contributed by atoms with E-state index in [2.05, 4.69) is 20.4 Å². The SMILES string of the molecule is O=C(COC(=O)CNC(=O)c1cc(Cl)ccn1)Nc1ccccc1OC(F)F. The highest BCUT2D eigenvalue weighted by Gasteiger charge is 2.14. The molecule has 0 unspecified atom stereocenters. The van der Waals surface area contributed by atoms with E-state index >= 15 is 0 Å². The Hall–Kier alpha value is -3.27. The van der Waals surface area contributed by atoms with Crippen molar-refractivity contribution in [3.8, 4) is 5.75 Å². The molecule has 11 heteroatoms. The van der Waals surface area contributed by atoms with E-state index in [9.17, 15) is 23.2 Å². The third-order valence-corrected chi connectivity index (χ3v) is 3.32. The summed E-state index contributed by atoms with van der Waals surface area (Å²) in [4.78, 5) is 39.0. The highest BCUT2D eigenvalue weighted by atomic mass is 35.5. The van der Waals surface area contributed by atoms with Crippen molar-refractivity contribution in [3.05, 3.63) is 53.3 Å². The number of hydrogen-bond donors (Lipinski definition) is 2. The maximum Gasteiger partial charge on any atom is 0.387 e. The number of alkyl halides is 2. The molecule has 2 N–H and O–H groups in total. The lowest BCUT2D eigenvalue weighted by atomic mass is 10.3. The molecule has 0 saturated carbocycles. The number of halogens is 3. The summed E-state index contributed by atoms with van der Waals surface area (Å²) in [5, 5.41) is 4.84. The summed E-state index contributed by atoms with van der Waals surface area (Å²) in [6.45, 7) is -4.26. The van der Waals surface area contributed by atoms with Crippen LogP contribution in [0, 0.1) is 0 Å². The van der Waals surface area contributed by atoms with Gasteiger partial charge in [0.2, 0.25) is 0 Å². The van der Waals surface area contributed by atoms with Gasteiger partial charge in [0.25, 0.3) is 11.8 Å². The second-order valence-corrected chi connectivity index (χ2v) is 5.56. The lowest BCUT2D eigenvalue weighted by Gasteiger charge is -2.11. The van der Waals surface area contributed by atoms with E-state index in [1.165, 1.54) is 42.6 Å². The maximum absolute atomic E-state index is 12.3. The molecule has 2 amide bonds. The number of amides is 2. The van der Waals surface area contributed by atoms with E-state index in [1.54, 1.807) is 0 Å². The van der Waals surface area contributed by atoms with Crippen molar-refractivity contribution >= 4 is 35.1 Å². The molecule has 0 aliphatic heterocycles. The van der Waals surface area contributed by atoms with Gasteiger partial charge in [-0.25, -0.2) is 0 Å². The van der Waals surface area contributed by atoms with Crippen LogP contribution < -0.4 is 15.4 Å². The minimum absolute atomic E-state index is 0.00804. The molecule has 28 heavy (non-hydrogen) atoms. The average Bonchev–Trinajstić information content (AvgIpc) is 2.65. The van der Waals surface area contributed by atoms with Gasteiger partial charge in [-0.2, -0.15) is 8.78 Å². The van der Waals surface area contributed by atoms with Crippen LogP contribution in [0.2, 0.25) is 5.02 Å². The predicted molar refractivity (Wildman–Crippen MR) is 94.2 cm³/mol. The third kappa shape index (κ3) is 6.80. The van der Waals surface area contributed by atoms with Crippen molar-refractivity contribution in [3.63, 3.8) is 0 Å². The van der Waals surface area contributed by atoms with Crippen LogP contribution >= 0.6 is 11.6 Å². The van der Waals surface area contributed by atoms with Gasteiger partial charge in [-0.05, 0) is 24.3 Å². The molecular formula is C17H14ClF2N3O5. The van der Waals surface area contributed by atoms with E-state index < -0.39 is 37.5 Å². The lowest BCUT2D eigenvalue weighted by molar-refractivity contribution is -0.146. The van der Waals surface area contributed by atoms with Gasteiger partial charge in [0.1, 0.15) is 18.0 Å². The number of ether oxygens (including phenoxy) is 2. The number of aromatic nitrogens is 1. The number of esters is 1. The van der Waals surface area contributed by atoms with Crippen LogP contribution in [0.15, 0.2) is 42.6 Å². The van der Waals surface area contributed by atoms with Crippen LogP contribution in [-0.4, -0.2) is 42.5 Å². The molecule has 0 aliphatic carbocycles. The fraction of sp³-hybridized carbons (Fsp3) is 0.176. The molecule has 0 aliphatic rings. The molecule has 2 rings (SSSR count). The van der Waals surface area contributed by atoms with E-state index in [4.69, 9.17) is 16.3 Å². The molecule has 0 fully saturated rings. The summed E-state index contributed by atoms with van der Waals surface area (Å²) in [5.41, 5.74) is -0.00198. The maximum atomic E-state index is 12.3. The first kappa shape index (κ1) is 21.0. The zero-order valence-electron chi connectivity index (χ0n) is 14.2. The monoisotopic (exact) mass is 413 g/mol. The van der Waals surface area contributed by atoms with Crippen molar-refractivity contribution in [1.82, 2.24) is 10.3 Å². The standard InChI is InChI=1S/C17H14ClF2N3O5/c18-10-5-6-21-12(7-10)16(26)22-8-15(25)27-9-14(24)23-11-3-1-2-4-13(11)28-17(19)20/h1-7,17H,8-9H2,(H,22,26)(H,23,24). The highest BCUT2D eigenvalue weighted by Crippen LogP contribution is 2.25. The average molecular weight is 414 g/mol. The first-order valence-electron chi connectivity index (χ1n) is 7.74. The first-order valence-corrected chi connectivity index (χ1v) is 8.12. The minimum Gasteiger partial charge on any atom is -0.454 e. The fourth-order valence-electron chi connectivity index (χ4n) is 1.92. The Labute approximate surface area is 162 Å². The van der Waals surface area contributed by atoms with Gasteiger partial charge in [-0.15, -0.1) is 0 Å². The summed E-state index contributed by atoms with van der Waals surface area (Å²) in [6, 6.07) is 8.33. The van der Waals surface area contributed by atoms with Gasteiger partial charge in [0, 0.05) is 11.2 Å². The normalized spacial score (nSPS) is 10.3. The smallest absolute Gasteiger partial charge is 0.387 e. The second-order valence-electron chi connectivity index (χ2n) is 5.13. The Morgan fingerprint density at radius 2 is 1.93 bits per heavy atom. The van der Waals surface area contributed by atoms with E-state index in [1.807, 2.05) is 0 Å². The van der Waals surface area contributed by atoms with Gasteiger partial charge < -0.3 is 20.1 Å². The number of nitrogens with zero attached hydrogens (tertiary/aromatic N) is 1. The summed E-state index contributed by atoms with van der Waals surface area (Å²) >= 11 is 5.73. The number of para-hydroxylation sites is 2. The van der Waals surface area contributed by atoms with Crippen LogP contribution in [0.25, 0.3) is 0 Å². The quantitative estimate of drug-likeness (QED) is 0.643. The van der Waals surface area contributed by atoms with Crippen LogP contribution in [0.3, 0.4) is 0 Å². The Morgan fingerprint density at radius 3 is 2.64 bits per heavy atom. The molecule has 2 aromatic rings. The van der Waals surface area contributed by atoms with Gasteiger partial charge in [0.05, 0.1) is 5.69 Å². The van der Waals surface area contributed by atoms with E-state index in [-0.39, 0.29) is 17.1 Å². The third-order valence-electron chi connectivity index (χ3n) is 3.09. The number of anilines is 1. The van der Waals surface area contributed by atoms with E-state index in [0.717, 1.165) is 0 Å². The number of carbonyl (C=O) groups excluding carboxylic acids is 3.